The highest BCUT2D eigenvalue weighted by molar-refractivity contribution is 6.00. The highest BCUT2D eigenvalue weighted by atomic mass is 16.1. The van der Waals surface area contributed by atoms with Gasteiger partial charge in [-0.2, -0.15) is 5.10 Å². The number of hydrogen-bond acceptors (Lipinski definition) is 3. The Kier molecular flexibility index (Phi) is 3.62. The lowest BCUT2D eigenvalue weighted by Crippen LogP contribution is -2.41. The van der Waals surface area contributed by atoms with Crippen LogP contribution in [0.1, 0.15) is 43.5 Å². The summed E-state index contributed by atoms with van der Waals surface area (Å²) in [7, 11) is 0. The molecule has 2 heterocycles. The van der Waals surface area contributed by atoms with Gasteiger partial charge in [0.25, 0.3) is 0 Å². The number of Topliss-reactive ketones (excluding diaryl/α,β-unsaturated/α-hetero) is 1. The van der Waals surface area contributed by atoms with E-state index in [9.17, 15) is 4.79 Å². The van der Waals surface area contributed by atoms with E-state index in [0.29, 0.717) is 0 Å². The molecule has 0 aliphatic carbocycles. The van der Waals surface area contributed by atoms with E-state index in [-0.39, 0.29) is 11.2 Å². The molecule has 1 aliphatic rings. The zero-order chi connectivity index (χ0) is 12.3. The highest BCUT2D eigenvalue weighted by Crippen LogP contribution is 2.36. The van der Waals surface area contributed by atoms with Gasteiger partial charge in [-0.15, -0.1) is 0 Å². The largest absolute Gasteiger partial charge is 0.317 e. The Balaban J connectivity index is 2.21. The molecule has 1 N–H and O–H groups in total. The first-order valence-electron chi connectivity index (χ1n) is 6.50. The molecule has 1 aromatic rings. The maximum absolute atomic E-state index is 12.6. The Bertz CT molecular complexity index is 391. The van der Waals surface area contributed by atoms with Gasteiger partial charge in [-0.25, -0.2) is 0 Å². The van der Waals surface area contributed by atoms with E-state index in [0.717, 1.165) is 44.5 Å². The number of carbonyl (C=O) groups excluding carboxylic acids is 1. The number of hydrogen-bond donors (Lipinski definition) is 1. The molecule has 1 saturated heterocycles. The minimum atomic E-state index is -0.160. The molecule has 4 heteroatoms. The van der Waals surface area contributed by atoms with Crippen molar-refractivity contribution < 1.29 is 4.79 Å². The maximum Gasteiger partial charge on any atom is 0.172 e. The van der Waals surface area contributed by atoms with Crippen molar-refractivity contribution >= 4 is 5.78 Å². The van der Waals surface area contributed by atoms with Crippen LogP contribution in [0.15, 0.2) is 12.4 Å². The molecule has 1 aromatic heterocycles. The summed E-state index contributed by atoms with van der Waals surface area (Å²) in [5, 5.41) is 7.52. The van der Waals surface area contributed by atoms with Crippen molar-refractivity contribution in [3.8, 4) is 0 Å². The van der Waals surface area contributed by atoms with E-state index in [1.54, 1.807) is 6.20 Å². The van der Waals surface area contributed by atoms with Gasteiger partial charge < -0.3 is 5.32 Å². The zero-order valence-corrected chi connectivity index (χ0v) is 10.7. The summed E-state index contributed by atoms with van der Waals surface area (Å²) in [6.45, 7) is 6.85. The van der Waals surface area contributed by atoms with Gasteiger partial charge in [0.2, 0.25) is 0 Å². The Morgan fingerprint density at radius 1 is 1.47 bits per heavy atom. The number of aryl methyl sites for hydroxylation is 1. The van der Waals surface area contributed by atoms with Crippen LogP contribution < -0.4 is 5.32 Å². The van der Waals surface area contributed by atoms with Crippen LogP contribution in [0, 0.1) is 5.41 Å². The SMILES string of the molecule is CCn1cc(C(=O)C2(CC)CCNCC2)cn1. The minimum absolute atomic E-state index is 0.160. The molecule has 0 unspecified atom stereocenters. The van der Waals surface area contributed by atoms with Crippen LogP contribution in [0.4, 0.5) is 0 Å². The van der Waals surface area contributed by atoms with Crippen LogP contribution in [0.3, 0.4) is 0 Å². The van der Waals surface area contributed by atoms with E-state index >= 15 is 0 Å². The second kappa shape index (κ2) is 5.00. The number of piperidine rings is 1. The van der Waals surface area contributed by atoms with E-state index in [1.807, 2.05) is 17.8 Å². The van der Waals surface area contributed by atoms with Crippen molar-refractivity contribution in [3.05, 3.63) is 18.0 Å². The van der Waals surface area contributed by atoms with Gasteiger partial charge in [0.1, 0.15) is 0 Å². The first-order chi connectivity index (χ1) is 8.22. The van der Waals surface area contributed by atoms with E-state index in [2.05, 4.69) is 17.3 Å². The quantitative estimate of drug-likeness (QED) is 0.810. The van der Waals surface area contributed by atoms with Gasteiger partial charge in [0.05, 0.1) is 11.8 Å². The van der Waals surface area contributed by atoms with Crippen molar-refractivity contribution in [2.45, 2.75) is 39.7 Å². The first kappa shape index (κ1) is 12.3. The summed E-state index contributed by atoms with van der Waals surface area (Å²) in [6.07, 6.45) is 6.40. The molecular weight excluding hydrogens is 214 g/mol. The molecule has 0 spiro atoms. The van der Waals surface area contributed by atoms with Crippen molar-refractivity contribution in [3.63, 3.8) is 0 Å². The molecule has 0 aromatic carbocycles. The van der Waals surface area contributed by atoms with Crippen molar-refractivity contribution in [2.75, 3.05) is 13.1 Å². The van der Waals surface area contributed by atoms with Crippen LogP contribution in [0.2, 0.25) is 0 Å². The van der Waals surface area contributed by atoms with Crippen molar-refractivity contribution in [1.82, 2.24) is 15.1 Å². The number of nitrogens with one attached hydrogen (secondary N) is 1. The predicted octanol–water partition coefficient (Wildman–Crippen LogP) is 1.87. The summed E-state index contributed by atoms with van der Waals surface area (Å²) in [5.74, 6) is 0.279. The van der Waals surface area contributed by atoms with Crippen LogP contribution in [0.5, 0.6) is 0 Å². The maximum atomic E-state index is 12.6. The lowest BCUT2D eigenvalue weighted by Gasteiger charge is -2.35. The molecule has 1 aliphatic heterocycles. The molecule has 0 saturated carbocycles. The van der Waals surface area contributed by atoms with E-state index < -0.39 is 0 Å². The Morgan fingerprint density at radius 3 is 2.71 bits per heavy atom. The molecule has 0 atom stereocenters. The summed E-state index contributed by atoms with van der Waals surface area (Å²) < 4.78 is 1.82. The second-order valence-electron chi connectivity index (χ2n) is 4.80. The summed E-state index contributed by atoms with van der Waals surface area (Å²) in [5.41, 5.74) is 0.614. The number of ketones is 1. The average molecular weight is 235 g/mol. The molecular formula is C13H21N3O. The fraction of sp³-hybridized carbons (Fsp3) is 0.692. The Morgan fingerprint density at radius 2 is 2.18 bits per heavy atom. The molecule has 0 bridgehead atoms. The minimum Gasteiger partial charge on any atom is -0.317 e. The molecule has 17 heavy (non-hydrogen) atoms. The molecule has 0 radical (unpaired) electrons. The summed E-state index contributed by atoms with van der Waals surface area (Å²) >= 11 is 0. The zero-order valence-electron chi connectivity index (χ0n) is 10.7. The van der Waals surface area contributed by atoms with E-state index in [1.165, 1.54) is 0 Å². The van der Waals surface area contributed by atoms with Gasteiger partial charge in [0.15, 0.2) is 5.78 Å². The second-order valence-corrected chi connectivity index (χ2v) is 4.80. The lowest BCUT2D eigenvalue weighted by molar-refractivity contribution is 0.0717. The van der Waals surface area contributed by atoms with E-state index in [4.69, 9.17) is 0 Å². The third kappa shape index (κ3) is 2.27. The van der Waals surface area contributed by atoms with Crippen molar-refractivity contribution in [1.29, 1.82) is 0 Å². The smallest absolute Gasteiger partial charge is 0.172 e. The molecule has 1 fully saturated rings. The predicted molar refractivity (Wildman–Crippen MR) is 67.1 cm³/mol. The number of aromatic nitrogens is 2. The fourth-order valence-corrected chi connectivity index (χ4v) is 2.61. The number of nitrogens with zero attached hydrogens (tertiary/aromatic N) is 2. The first-order valence-corrected chi connectivity index (χ1v) is 6.50. The standard InChI is InChI=1S/C13H21N3O/c1-3-13(5-7-14-8-6-13)12(17)11-9-15-16(4-2)10-11/h9-10,14H,3-8H2,1-2H3. The van der Waals surface area contributed by atoms with Crippen LogP contribution in [-0.2, 0) is 6.54 Å². The van der Waals surface area contributed by atoms with Gasteiger partial charge >= 0.3 is 0 Å². The third-order valence-electron chi connectivity index (χ3n) is 3.94. The normalized spacial score (nSPS) is 19.2. The van der Waals surface area contributed by atoms with Gasteiger partial charge in [-0.05, 0) is 39.3 Å². The fourth-order valence-electron chi connectivity index (χ4n) is 2.61. The van der Waals surface area contributed by atoms with Crippen LogP contribution in [0.25, 0.3) is 0 Å². The lowest BCUT2D eigenvalue weighted by atomic mass is 9.72. The molecule has 94 valence electrons. The molecule has 0 amide bonds. The monoisotopic (exact) mass is 235 g/mol. The number of rotatable bonds is 4. The van der Waals surface area contributed by atoms with Gasteiger partial charge in [-0.1, -0.05) is 6.92 Å². The third-order valence-corrected chi connectivity index (χ3v) is 3.94. The topological polar surface area (TPSA) is 46.9 Å². The van der Waals surface area contributed by atoms with Gasteiger partial charge in [-0.3, -0.25) is 9.48 Å². The summed E-state index contributed by atoms with van der Waals surface area (Å²) in [6, 6.07) is 0. The Labute approximate surface area is 102 Å². The van der Waals surface area contributed by atoms with Crippen molar-refractivity contribution in [2.24, 2.45) is 5.41 Å². The molecule has 2 rings (SSSR count). The Hall–Kier alpha value is -1.16. The summed E-state index contributed by atoms with van der Waals surface area (Å²) in [4.78, 5) is 12.6. The van der Waals surface area contributed by atoms with Gasteiger partial charge in [0, 0.05) is 18.2 Å². The molecule has 4 nitrogen and oxygen atoms in total. The van der Waals surface area contributed by atoms with Crippen LogP contribution >= 0.6 is 0 Å². The average Bonchev–Trinajstić information content (AvgIpc) is 2.87. The van der Waals surface area contributed by atoms with Crippen LogP contribution in [-0.4, -0.2) is 28.7 Å². The highest BCUT2D eigenvalue weighted by Gasteiger charge is 2.38. The number of carbonyl (C=O) groups is 1.